The van der Waals surface area contributed by atoms with Crippen molar-refractivity contribution in [3.63, 3.8) is 0 Å². The van der Waals surface area contributed by atoms with Crippen LogP contribution in [0.3, 0.4) is 0 Å². The zero-order valence-electron chi connectivity index (χ0n) is 7.73. The molecule has 0 unspecified atom stereocenters. The molecule has 14 heavy (non-hydrogen) atoms. The molecule has 4 rings (SSSR count). The van der Waals surface area contributed by atoms with E-state index in [-0.39, 0.29) is 30.5 Å². The lowest BCUT2D eigenvalue weighted by Gasteiger charge is -2.47. The summed E-state index contributed by atoms with van der Waals surface area (Å²) in [6.07, 6.45) is 2.42. The second kappa shape index (κ2) is 3.07. The van der Waals surface area contributed by atoms with Crippen molar-refractivity contribution in [1.29, 1.82) is 0 Å². The first-order valence-electron chi connectivity index (χ1n) is 5.19. The molecule has 1 heterocycles. The van der Waals surface area contributed by atoms with Crippen LogP contribution < -0.4 is 0 Å². The molecule has 3 nitrogen and oxygen atoms in total. The topological polar surface area (TPSA) is 46.5 Å². The average molecular weight is 308 g/mol. The number of hydrogen-bond donors (Lipinski definition) is 1. The third kappa shape index (κ3) is 0.988. The van der Waals surface area contributed by atoms with E-state index >= 15 is 0 Å². The van der Waals surface area contributed by atoms with Crippen LogP contribution in [0, 0.1) is 23.7 Å². The molecule has 6 atom stereocenters. The summed E-state index contributed by atoms with van der Waals surface area (Å²) in [5, 5.41) is 9.36. The van der Waals surface area contributed by atoms with Crippen molar-refractivity contribution < 1.29 is 14.6 Å². The van der Waals surface area contributed by atoms with Crippen molar-refractivity contribution in [1.82, 2.24) is 0 Å². The van der Waals surface area contributed by atoms with Crippen molar-refractivity contribution >= 4 is 28.6 Å². The smallest absolute Gasteiger partial charge is 0.310 e. The van der Waals surface area contributed by atoms with Crippen molar-refractivity contribution in [2.45, 2.75) is 22.9 Å². The number of alkyl halides is 1. The fourth-order valence-electron chi connectivity index (χ4n) is 3.57. The van der Waals surface area contributed by atoms with Gasteiger partial charge in [0.15, 0.2) is 0 Å². The Morgan fingerprint density at radius 2 is 2.14 bits per heavy atom. The molecule has 3 saturated carbocycles. The van der Waals surface area contributed by atoms with E-state index in [0.29, 0.717) is 15.8 Å². The minimum Gasteiger partial charge on any atom is -0.461 e. The van der Waals surface area contributed by atoms with Crippen LogP contribution in [0.4, 0.5) is 0 Å². The van der Waals surface area contributed by atoms with Crippen molar-refractivity contribution in [2.75, 3.05) is 6.61 Å². The molecule has 1 N–H and O–H groups in total. The SMILES string of the molecule is O=C1O[C@H]2[C@@H](I)[C@@H]3CC[C@@H]2[C@H]1[C@H]3CO. The zero-order valence-corrected chi connectivity index (χ0v) is 9.88. The summed E-state index contributed by atoms with van der Waals surface area (Å²) in [5.74, 6) is 1.01. The first-order valence-corrected chi connectivity index (χ1v) is 6.44. The molecule has 0 amide bonds. The molecular formula is C10H13IO3. The molecule has 0 spiro atoms. The molecule has 3 aliphatic carbocycles. The molecule has 4 heteroatoms. The third-order valence-electron chi connectivity index (χ3n) is 4.19. The standard InChI is InChI=1S/C10H13IO3/c11-8-4-1-2-5-7(6(4)3-12)10(13)14-9(5)8/h4-9,12H,1-3H2/t4-,5-,6+,7+,8+,9-/m1/s1. The van der Waals surface area contributed by atoms with Gasteiger partial charge in [0.1, 0.15) is 6.10 Å². The fraction of sp³-hybridized carbons (Fsp3) is 0.900. The number of hydrogen-bond acceptors (Lipinski definition) is 3. The fourth-order valence-corrected chi connectivity index (χ4v) is 5.14. The number of aliphatic hydroxyl groups excluding tert-OH is 1. The van der Waals surface area contributed by atoms with Crippen LogP contribution in [0.5, 0.6) is 0 Å². The van der Waals surface area contributed by atoms with Crippen LogP contribution in [0.25, 0.3) is 0 Å². The first-order chi connectivity index (χ1) is 6.74. The third-order valence-corrected chi connectivity index (χ3v) is 5.82. The van der Waals surface area contributed by atoms with Gasteiger partial charge in [-0.1, -0.05) is 22.6 Å². The van der Waals surface area contributed by atoms with Crippen molar-refractivity contribution in [3.05, 3.63) is 0 Å². The van der Waals surface area contributed by atoms with Crippen molar-refractivity contribution in [3.8, 4) is 0 Å². The molecule has 1 aliphatic heterocycles. The second-order valence-corrected chi connectivity index (χ2v) is 6.06. The molecule has 4 fully saturated rings. The number of carbonyl (C=O) groups is 1. The predicted molar refractivity (Wildman–Crippen MR) is 58.0 cm³/mol. The van der Waals surface area contributed by atoms with Gasteiger partial charge in [0.05, 0.1) is 9.84 Å². The van der Waals surface area contributed by atoms with E-state index in [1.165, 1.54) is 0 Å². The van der Waals surface area contributed by atoms with E-state index in [4.69, 9.17) is 4.74 Å². The van der Waals surface area contributed by atoms with Crippen LogP contribution in [0.15, 0.2) is 0 Å². The van der Waals surface area contributed by atoms with Crippen LogP contribution >= 0.6 is 22.6 Å². The Labute approximate surface area is 96.3 Å². The van der Waals surface area contributed by atoms with E-state index in [0.717, 1.165) is 12.8 Å². The van der Waals surface area contributed by atoms with E-state index in [1.807, 2.05) is 0 Å². The number of halogens is 1. The molecule has 78 valence electrons. The number of ether oxygens (including phenoxy) is 1. The van der Waals surface area contributed by atoms with Crippen LogP contribution in [-0.2, 0) is 9.53 Å². The maximum absolute atomic E-state index is 11.6. The van der Waals surface area contributed by atoms with Gasteiger partial charge in [0.2, 0.25) is 0 Å². The lowest BCUT2D eigenvalue weighted by Crippen LogP contribution is -2.51. The van der Waals surface area contributed by atoms with Crippen LogP contribution in [-0.4, -0.2) is 27.7 Å². The van der Waals surface area contributed by atoms with Crippen LogP contribution in [0.2, 0.25) is 0 Å². The van der Waals surface area contributed by atoms with E-state index in [2.05, 4.69) is 22.6 Å². The van der Waals surface area contributed by atoms with Gasteiger partial charge >= 0.3 is 5.97 Å². The van der Waals surface area contributed by atoms with Gasteiger partial charge in [-0.05, 0) is 24.7 Å². The molecule has 0 aromatic heterocycles. The molecule has 4 aliphatic rings. The van der Waals surface area contributed by atoms with E-state index in [1.54, 1.807) is 0 Å². The van der Waals surface area contributed by atoms with Gasteiger partial charge in [-0.3, -0.25) is 4.79 Å². The Hall–Kier alpha value is 0.160. The minimum atomic E-state index is -0.0529. The highest BCUT2D eigenvalue weighted by molar-refractivity contribution is 14.1. The Morgan fingerprint density at radius 3 is 2.86 bits per heavy atom. The van der Waals surface area contributed by atoms with Gasteiger partial charge in [0, 0.05) is 12.5 Å². The number of esters is 1. The molecular weight excluding hydrogens is 295 g/mol. The number of aliphatic hydroxyl groups is 1. The summed E-state index contributed by atoms with van der Waals surface area (Å²) in [4.78, 5) is 11.6. The highest BCUT2D eigenvalue weighted by atomic mass is 127. The maximum atomic E-state index is 11.6. The lowest BCUT2D eigenvalue weighted by molar-refractivity contribution is -0.144. The van der Waals surface area contributed by atoms with Gasteiger partial charge in [-0.25, -0.2) is 0 Å². The lowest BCUT2D eigenvalue weighted by atomic mass is 9.59. The Morgan fingerprint density at radius 1 is 1.43 bits per heavy atom. The Bertz CT molecular complexity index is 281. The van der Waals surface area contributed by atoms with Gasteiger partial charge < -0.3 is 9.84 Å². The molecule has 4 bridgehead atoms. The van der Waals surface area contributed by atoms with Gasteiger partial charge in [0.25, 0.3) is 0 Å². The zero-order chi connectivity index (χ0) is 9.87. The summed E-state index contributed by atoms with van der Waals surface area (Å²) in [6.45, 7) is 0.146. The normalized spacial score (nSPS) is 54.9. The first kappa shape index (κ1) is 9.39. The van der Waals surface area contributed by atoms with Gasteiger partial charge in [-0.2, -0.15) is 0 Å². The highest BCUT2D eigenvalue weighted by Crippen LogP contribution is 2.56. The summed E-state index contributed by atoms with van der Waals surface area (Å²) < 4.78 is 5.83. The van der Waals surface area contributed by atoms with E-state index < -0.39 is 0 Å². The number of fused-ring (bicyclic) bond motifs is 1. The average Bonchev–Trinajstić information content (AvgIpc) is 2.50. The molecule has 0 radical (unpaired) electrons. The summed E-state index contributed by atoms with van der Waals surface area (Å²) in [6, 6.07) is 0. The summed E-state index contributed by atoms with van der Waals surface area (Å²) >= 11 is 2.40. The second-order valence-electron chi connectivity index (χ2n) is 4.62. The molecule has 0 aromatic rings. The monoisotopic (exact) mass is 308 g/mol. The maximum Gasteiger partial charge on any atom is 0.310 e. The minimum absolute atomic E-state index is 0.00904. The van der Waals surface area contributed by atoms with Crippen LogP contribution in [0.1, 0.15) is 12.8 Å². The van der Waals surface area contributed by atoms with Crippen molar-refractivity contribution in [2.24, 2.45) is 23.7 Å². The van der Waals surface area contributed by atoms with E-state index in [9.17, 15) is 9.90 Å². The summed E-state index contributed by atoms with van der Waals surface area (Å²) in [5.41, 5.74) is 0. The molecule has 1 saturated heterocycles. The number of rotatable bonds is 1. The molecule has 0 aromatic carbocycles. The largest absolute Gasteiger partial charge is 0.461 e. The highest BCUT2D eigenvalue weighted by Gasteiger charge is 2.61. The Kier molecular flexibility index (Phi) is 2.06. The predicted octanol–water partition coefficient (Wildman–Crippen LogP) is 0.980. The quantitative estimate of drug-likeness (QED) is 0.446. The Balaban J connectivity index is 2.01. The summed E-state index contributed by atoms with van der Waals surface area (Å²) in [7, 11) is 0. The number of carbonyl (C=O) groups excluding carboxylic acids is 1. The van der Waals surface area contributed by atoms with Gasteiger partial charge in [-0.15, -0.1) is 0 Å².